The first-order valence-electron chi connectivity index (χ1n) is 8.24. The van der Waals surface area contributed by atoms with Gasteiger partial charge in [-0.05, 0) is 42.8 Å². The molecule has 124 valence electrons. The summed E-state index contributed by atoms with van der Waals surface area (Å²) >= 11 is 0. The molecule has 1 aliphatic carbocycles. The largest absolute Gasteiger partial charge is 0.456 e. The van der Waals surface area contributed by atoms with Gasteiger partial charge in [-0.25, -0.2) is 9.38 Å². The Morgan fingerprint density at radius 3 is 2.56 bits per heavy atom. The number of halogens is 1. The molecule has 0 fully saturated rings. The average Bonchev–Trinajstić information content (AvgIpc) is 2.60. The highest BCUT2D eigenvalue weighted by atomic mass is 19.1. The topological polar surface area (TPSA) is 53.1 Å². The van der Waals surface area contributed by atoms with Crippen molar-refractivity contribution in [3.05, 3.63) is 71.8 Å². The van der Waals surface area contributed by atoms with E-state index < -0.39 is 0 Å². The highest BCUT2D eigenvalue weighted by Crippen LogP contribution is 2.40. The van der Waals surface area contributed by atoms with Crippen LogP contribution in [0.1, 0.15) is 6.92 Å². The standard InChI is InChI=1S/C21H17FN2O/c1-2-24-16-8-10-18-20(12-16)25-19-11-15(23)7-9-17(19)21(18)13-3-5-14(22)6-4-13/h3-12H,2,23H2,1H3/p+1. The van der Waals surface area contributed by atoms with Crippen molar-refractivity contribution < 1.29 is 13.8 Å². The van der Waals surface area contributed by atoms with Crippen molar-refractivity contribution in [1.82, 2.24) is 0 Å². The predicted molar refractivity (Wildman–Crippen MR) is 97.3 cm³/mol. The van der Waals surface area contributed by atoms with E-state index >= 15 is 0 Å². The summed E-state index contributed by atoms with van der Waals surface area (Å²) in [6.07, 6.45) is 0. The number of hydrogen-bond acceptors (Lipinski definition) is 2. The van der Waals surface area contributed by atoms with E-state index in [0.29, 0.717) is 11.3 Å². The summed E-state index contributed by atoms with van der Waals surface area (Å²) in [5.74, 6) is 0.507. The summed E-state index contributed by atoms with van der Waals surface area (Å²) in [7, 11) is 0. The molecule has 4 heteroatoms. The van der Waals surface area contributed by atoms with Crippen molar-refractivity contribution in [2.45, 2.75) is 6.92 Å². The average molecular weight is 333 g/mol. The number of fused-ring (bicyclic) bond motifs is 2. The molecule has 25 heavy (non-hydrogen) atoms. The van der Waals surface area contributed by atoms with Crippen molar-refractivity contribution in [3.63, 3.8) is 0 Å². The Kier molecular flexibility index (Phi) is 3.73. The van der Waals surface area contributed by atoms with E-state index in [4.69, 9.17) is 10.2 Å². The molecular formula is C21H18FN2O+. The minimum Gasteiger partial charge on any atom is -0.456 e. The van der Waals surface area contributed by atoms with Crippen LogP contribution in [0.3, 0.4) is 0 Å². The van der Waals surface area contributed by atoms with Crippen molar-refractivity contribution >= 4 is 16.7 Å². The maximum atomic E-state index is 13.4. The summed E-state index contributed by atoms with van der Waals surface area (Å²) < 4.78 is 19.5. The van der Waals surface area contributed by atoms with E-state index in [0.717, 1.165) is 39.7 Å². The van der Waals surface area contributed by atoms with E-state index in [1.54, 1.807) is 12.1 Å². The monoisotopic (exact) mass is 333 g/mol. The number of rotatable bonds is 2. The van der Waals surface area contributed by atoms with E-state index in [1.807, 2.05) is 43.3 Å². The van der Waals surface area contributed by atoms with Gasteiger partial charge in [0.15, 0.2) is 0 Å². The second kappa shape index (κ2) is 6.06. The van der Waals surface area contributed by atoms with Gasteiger partial charge < -0.3 is 10.2 Å². The Morgan fingerprint density at radius 1 is 1.00 bits per heavy atom. The van der Waals surface area contributed by atoms with E-state index in [1.165, 1.54) is 12.1 Å². The second-order valence-corrected chi connectivity index (χ2v) is 5.98. The van der Waals surface area contributed by atoms with Crippen LogP contribution in [0, 0.1) is 5.82 Å². The van der Waals surface area contributed by atoms with Crippen LogP contribution in [0.2, 0.25) is 0 Å². The molecule has 0 amide bonds. The third kappa shape index (κ3) is 2.76. The maximum absolute atomic E-state index is 13.4. The number of nitrogens with one attached hydrogen (secondary N) is 1. The van der Waals surface area contributed by atoms with E-state index in [-0.39, 0.29) is 5.82 Å². The molecule has 2 aliphatic rings. The quantitative estimate of drug-likeness (QED) is 0.438. The number of hydrogen-bond donors (Lipinski definition) is 2. The highest BCUT2D eigenvalue weighted by Gasteiger charge is 2.17. The lowest BCUT2D eigenvalue weighted by Gasteiger charge is -2.15. The van der Waals surface area contributed by atoms with Gasteiger partial charge in [-0.2, -0.15) is 0 Å². The van der Waals surface area contributed by atoms with Gasteiger partial charge >= 0.3 is 0 Å². The first-order chi connectivity index (χ1) is 12.2. The predicted octanol–water partition coefficient (Wildman–Crippen LogP) is 2.93. The molecule has 0 unspecified atom stereocenters. The Morgan fingerprint density at radius 2 is 1.80 bits per heavy atom. The molecule has 0 spiro atoms. The SMILES string of the molecule is CC[NH+]=c1ccc2c(-c3ccc(F)cc3)c3ccc(N)cc3oc-2c1. The van der Waals surface area contributed by atoms with Crippen molar-refractivity contribution in [2.24, 2.45) is 0 Å². The number of nitrogens with two attached hydrogens (primary N) is 1. The van der Waals surface area contributed by atoms with E-state index in [9.17, 15) is 4.39 Å². The molecule has 2 aromatic rings. The maximum Gasteiger partial charge on any atom is 0.202 e. The van der Waals surface area contributed by atoms with Gasteiger partial charge in [-0.1, -0.05) is 12.1 Å². The van der Waals surface area contributed by atoms with Crippen LogP contribution in [0.15, 0.2) is 65.1 Å². The van der Waals surface area contributed by atoms with Crippen LogP contribution >= 0.6 is 0 Å². The van der Waals surface area contributed by atoms with Crippen LogP contribution < -0.4 is 16.1 Å². The van der Waals surface area contributed by atoms with Crippen molar-refractivity contribution in [1.29, 1.82) is 0 Å². The van der Waals surface area contributed by atoms with Gasteiger partial charge in [0.2, 0.25) is 5.36 Å². The fourth-order valence-electron chi connectivity index (χ4n) is 3.15. The highest BCUT2D eigenvalue weighted by molar-refractivity contribution is 6.02. The number of nitrogen functional groups attached to an aromatic ring is 1. The molecule has 0 radical (unpaired) electrons. The van der Waals surface area contributed by atoms with Crippen molar-refractivity contribution in [3.8, 4) is 22.5 Å². The zero-order valence-corrected chi connectivity index (χ0v) is 13.8. The van der Waals surface area contributed by atoms with Crippen LogP contribution in [0.5, 0.6) is 0 Å². The number of anilines is 1. The minimum atomic E-state index is -0.253. The summed E-state index contributed by atoms with van der Waals surface area (Å²) in [6, 6.07) is 18.2. The summed E-state index contributed by atoms with van der Waals surface area (Å²) in [5.41, 5.74) is 10.2. The summed E-state index contributed by atoms with van der Waals surface area (Å²) in [6.45, 7) is 2.88. The third-order valence-corrected chi connectivity index (χ3v) is 4.26. The second-order valence-electron chi connectivity index (χ2n) is 5.98. The number of benzene rings is 3. The van der Waals surface area contributed by atoms with Gasteiger partial charge in [0.25, 0.3) is 0 Å². The molecule has 0 aromatic heterocycles. The smallest absolute Gasteiger partial charge is 0.202 e. The van der Waals surface area contributed by atoms with Crippen LogP contribution in [0.25, 0.3) is 33.4 Å². The van der Waals surface area contributed by atoms with Crippen LogP contribution in [-0.4, -0.2) is 6.54 Å². The third-order valence-electron chi connectivity index (χ3n) is 4.26. The van der Waals surface area contributed by atoms with Gasteiger partial charge in [0.1, 0.15) is 23.7 Å². The molecule has 4 rings (SSSR count). The fraction of sp³-hybridized carbons (Fsp3) is 0.0952. The Balaban J connectivity index is 2.12. The molecule has 0 saturated carbocycles. The van der Waals surface area contributed by atoms with Gasteiger partial charge in [0.05, 0.1) is 6.07 Å². The minimum absolute atomic E-state index is 0.253. The fourth-order valence-corrected chi connectivity index (χ4v) is 3.15. The molecule has 3 nitrogen and oxygen atoms in total. The first kappa shape index (κ1) is 15.4. The molecule has 0 bridgehead atoms. The summed E-state index contributed by atoms with van der Waals surface area (Å²) in [4.78, 5) is 3.29. The Labute approximate surface area is 144 Å². The molecule has 0 saturated heterocycles. The molecule has 0 atom stereocenters. The zero-order valence-electron chi connectivity index (χ0n) is 13.8. The Bertz CT molecular complexity index is 1100. The molecule has 1 heterocycles. The van der Waals surface area contributed by atoms with Crippen LogP contribution in [0.4, 0.5) is 10.1 Å². The first-order valence-corrected chi connectivity index (χ1v) is 8.24. The van der Waals surface area contributed by atoms with Gasteiger partial charge in [-0.15, -0.1) is 0 Å². The van der Waals surface area contributed by atoms with Crippen LogP contribution in [-0.2, 0) is 0 Å². The molecule has 2 aromatic carbocycles. The summed E-state index contributed by atoms with van der Waals surface area (Å²) in [5, 5.41) is 1.94. The van der Waals surface area contributed by atoms with Gasteiger partial charge in [0, 0.05) is 34.3 Å². The van der Waals surface area contributed by atoms with Gasteiger partial charge in [-0.3, -0.25) is 0 Å². The zero-order chi connectivity index (χ0) is 17.4. The molecular weight excluding hydrogens is 315 g/mol. The lowest BCUT2D eigenvalue weighted by Crippen LogP contribution is -2.75. The van der Waals surface area contributed by atoms with E-state index in [2.05, 4.69) is 4.99 Å². The lowest BCUT2D eigenvalue weighted by atomic mass is 9.93. The molecule has 1 aliphatic heterocycles. The van der Waals surface area contributed by atoms with Crippen molar-refractivity contribution in [2.75, 3.05) is 12.3 Å². The molecule has 3 N–H and O–H groups in total. The lowest BCUT2D eigenvalue weighted by molar-refractivity contribution is -0.496. The Hall–Kier alpha value is -3.14. The normalized spacial score (nSPS) is 12.2.